The number of fused-ring (bicyclic) bond motifs is 2. The molecule has 0 aliphatic carbocycles. The first kappa shape index (κ1) is 21.2. The van der Waals surface area contributed by atoms with Crippen LogP contribution in [0.5, 0.6) is 0 Å². The van der Waals surface area contributed by atoms with E-state index in [1.165, 1.54) is 25.1 Å². The zero-order valence-electron chi connectivity index (χ0n) is 17.8. The van der Waals surface area contributed by atoms with E-state index in [0.717, 1.165) is 33.0 Å². The Balaban J connectivity index is 1.29. The van der Waals surface area contributed by atoms with Crippen molar-refractivity contribution >= 4 is 45.0 Å². The molecule has 9 nitrogen and oxygen atoms in total. The Morgan fingerprint density at radius 2 is 1.85 bits per heavy atom. The van der Waals surface area contributed by atoms with Crippen molar-refractivity contribution < 1.29 is 19.3 Å². The van der Waals surface area contributed by atoms with E-state index >= 15 is 0 Å². The van der Waals surface area contributed by atoms with Gasteiger partial charge in [-0.3, -0.25) is 29.4 Å². The number of nitro groups is 1. The SMILES string of the molecule is CC(C(=O)N1CCC(c2nc3ccccc3s2)CC1)N1C(=O)c2cccc([N+](=O)[O-])c2C1=O. The molecule has 2 aliphatic heterocycles. The van der Waals surface area contributed by atoms with Crippen molar-refractivity contribution in [3.8, 4) is 0 Å². The van der Waals surface area contributed by atoms with Crippen molar-refractivity contribution in [2.75, 3.05) is 13.1 Å². The zero-order valence-corrected chi connectivity index (χ0v) is 18.6. The third-order valence-electron chi connectivity index (χ3n) is 6.33. The van der Waals surface area contributed by atoms with Gasteiger partial charge in [-0.05, 0) is 38.0 Å². The highest BCUT2D eigenvalue weighted by Gasteiger charge is 2.45. The third kappa shape index (κ3) is 3.46. The standard InChI is InChI=1S/C23H20N4O5S/c1-13(26-22(29)15-5-4-7-17(27(31)32)19(15)23(26)30)21(28)25-11-9-14(10-12-25)20-24-16-6-2-3-8-18(16)33-20/h2-8,13-14H,9-12H2,1H3. The number of thiazole rings is 1. The Kier molecular flexibility index (Phi) is 5.16. The molecule has 1 unspecified atom stereocenters. The van der Waals surface area contributed by atoms with Crippen molar-refractivity contribution in [3.05, 3.63) is 68.7 Å². The average molecular weight is 465 g/mol. The zero-order chi connectivity index (χ0) is 23.3. The van der Waals surface area contributed by atoms with Crippen LogP contribution in [0, 0.1) is 10.1 Å². The first-order chi connectivity index (χ1) is 15.9. The smallest absolute Gasteiger partial charge is 0.282 e. The van der Waals surface area contributed by atoms with E-state index in [-0.39, 0.29) is 23.0 Å². The fraction of sp³-hybridized carbons (Fsp3) is 0.304. The van der Waals surface area contributed by atoms with Crippen molar-refractivity contribution in [1.82, 2.24) is 14.8 Å². The molecule has 2 aliphatic rings. The molecule has 0 bridgehead atoms. The van der Waals surface area contributed by atoms with Crippen molar-refractivity contribution in [2.24, 2.45) is 0 Å². The number of aromatic nitrogens is 1. The lowest BCUT2D eigenvalue weighted by Gasteiger charge is -2.34. The second-order valence-electron chi connectivity index (χ2n) is 8.23. The van der Waals surface area contributed by atoms with Gasteiger partial charge in [-0.25, -0.2) is 4.98 Å². The number of hydrogen-bond donors (Lipinski definition) is 0. The number of nitrogens with zero attached hydrogens (tertiary/aromatic N) is 4. The Hall–Kier alpha value is -3.66. The van der Waals surface area contributed by atoms with Crippen LogP contribution in [0.25, 0.3) is 10.2 Å². The first-order valence-corrected chi connectivity index (χ1v) is 11.5. The monoisotopic (exact) mass is 464 g/mol. The van der Waals surface area contributed by atoms with Crippen LogP contribution in [0.4, 0.5) is 5.69 Å². The van der Waals surface area contributed by atoms with Crippen molar-refractivity contribution in [3.63, 3.8) is 0 Å². The highest BCUT2D eigenvalue weighted by atomic mass is 32.1. The largest absolute Gasteiger partial charge is 0.341 e. The minimum Gasteiger partial charge on any atom is -0.341 e. The van der Waals surface area contributed by atoms with Gasteiger partial charge in [0.25, 0.3) is 17.5 Å². The summed E-state index contributed by atoms with van der Waals surface area (Å²) in [4.78, 5) is 56.8. The summed E-state index contributed by atoms with van der Waals surface area (Å²) in [5.74, 6) is -1.56. The van der Waals surface area contributed by atoms with Gasteiger partial charge in [-0.15, -0.1) is 11.3 Å². The van der Waals surface area contributed by atoms with Gasteiger partial charge in [0, 0.05) is 25.1 Å². The summed E-state index contributed by atoms with van der Waals surface area (Å²) in [6, 6.07) is 10.9. The van der Waals surface area contributed by atoms with Crippen molar-refractivity contribution in [1.29, 1.82) is 0 Å². The molecule has 168 valence electrons. The number of para-hydroxylation sites is 1. The molecular weight excluding hydrogens is 444 g/mol. The number of piperidine rings is 1. The third-order valence-corrected chi connectivity index (χ3v) is 7.53. The summed E-state index contributed by atoms with van der Waals surface area (Å²) in [6.45, 7) is 2.48. The number of carbonyl (C=O) groups excluding carboxylic acids is 3. The highest BCUT2D eigenvalue weighted by molar-refractivity contribution is 7.18. The molecule has 0 N–H and O–H groups in total. The minimum atomic E-state index is -1.05. The van der Waals surface area contributed by atoms with Gasteiger partial charge in [-0.2, -0.15) is 0 Å². The maximum atomic E-state index is 13.2. The summed E-state index contributed by atoms with van der Waals surface area (Å²) in [5.41, 5.74) is 0.263. The van der Waals surface area contributed by atoms with Gasteiger partial charge in [-0.1, -0.05) is 18.2 Å². The normalized spacial score (nSPS) is 17.5. The summed E-state index contributed by atoms with van der Waals surface area (Å²) in [6.07, 6.45) is 1.48. The molecular formula is C23H20N4O5S. The Bertz CT molecular complexity index is 1280. The van der Waals surface area contributed by atoms with Crippen LogP contribution in [-0.2, 0) is 4.79 Å². The molecule has 0 saturated carbocycles. The topological polar surface area (TPSA) is 114 Å². The van der Waals surface area contributed by atoms with Crippen LogP contribution in [0.3, 0.4) is 0 Å². The predicted molar refractivity (Wildman–Crippen MR) is 121 cm³/mol. The fourth-order valence-electron chi connectivity index (χ4n) is 4.58. The average Bonchev–Trinajstić information content (AvgIpc) is 3.37. The highest BCUT2D eigenvalue weighted by Crippen LogP contribution is 2.35. The lowest BCUT2D eigenvalue weighted by atomic mass is 9.97. The number of carbonyl (C=O) groups is 3. The second-order valence-corrected chi connectivity index (χ2v) is 9.29. The van der Waals surface area contributed by atoms with Gasteiger partial charge in [0.2, 0.25) is 5.91 Å². The molecule has 3 heterocycles. The van der Waals surface area contributed by atoms with Crippen molar-refractivity contribution in [2.45, 2.75) is 31.7 Å². The molecule has 1 fully saturated rings. The van der Waals surface area contributed by atoms with Gasteiger partial charge >= 0.3 is 0 Å². The van der Waals surface area contributed by atoms with E-state index in [1.54, 1.807) is 16.2 Å². The quantitative estimate of drug-likeness (QED) is 0.331. The Morgan fingerprint density at radius 1 is 1.12 bits per heavy atom. The summed E-state index contributed by atoms with van der Waals surface area (Å²) >= 11 is 1.67. The molecule has 2 aromatic carbocycles. The maximum Gasteiger partial charge on any atom is 0.282 e. The number of nitro benzene ring substituents is 1. The molecule has 0 radical (unpaired) electrons. The predicted octanol–water partition coefficient (Wildman–Crippen LogP) is 3.60. The number of hydrogen-bond acceptors (Lipinski definition) is 7. The van der Waals surface area contributed by atoms with Gasteiger partial charge < -0.3 is 4.90 Å². The second kappa shape index (κ2) is 8.04. The minimum absolute atomic E-state index is 0.0385. The van der Waals surface area contributed by atoms with E-state index in [0.29, 0.717) is 13.1 Å². The number of rotatable bonds is 4. The molecule has 0 spiro atoms. The maximum absolute atomic E-state index is 13.2. The summed E-state index contributed by atoms with van der Waals surface area (Å²) in [7, 11) is 0. The van der Waals surface area contributed by atoms with E-state index < -0.39 is 28.5 Å². The number of benzene rings is 2. The van der Waals surface area contributed by atoms with Gasteiger partial charge in [0.1, 0.15) is 11.6 Å². The van der Waals surface area contributed by atoms with E-state index in [1.807, 2.05) is 24.3 Å². The lowest BCUT2D eigenvalue weighted by molar-refractivity contribution is -0.385. The Labute approximate surface area is 192 Å². The van der Waals surface area contributed by atoms with Gasteiger partial charge in [0.05, 0.1) is 25.7 Å². The molecule has 10 heteroatoms. The van der Waals surface area contributed by atoms with Crippen LogP contribution < -0.4 is 0 Å². The number of imide groups is 1. The molecule has 3 aromatic rings. The summed E-state index contributed by atoms with van der Waals surface area (Å²) < 4.78 is 1.14. The molecule has 5 rings (SSSR count). The fourth-order valence-corrected chi connectivity index (χ4v) is 5.71. The molecule has 33 heavy (non-hydrogen) atoms. The molecule has 3 amide bonds. The number of amides is 3. The van der Waals surface area contributed by atoms with Gasteiger partial charge in [0.15, 0.2) is 0 Å². The van der Waals surface area contributed by atoms with E-state index in [9.17, 15) is 24.5 Å². The summed E-state index contributed by atoms with van der Waals surface area (Å²) in [5, 5.41) is 12.4. The van der Waals surface area contributed by atoms with E-state index in [2.05, 4.69) is 0 Å². The van der Waals surface area contributed by atoms with E-state index in [4.69, 9.17) is 4.98 Å². The van der Waals surface area contributed by atoms with Crippen LogP contribution in [0.1, 0.15) is 51.4 Å². The first-order valence-electron chi connectivity index (χ1n) is 10.7. The van der Waals surface area contributed by atoms with Crippen LogP contribution in [-0.4, -0.2) is 56.6 Å². The number of likely N-dealkylation sites (tertiary alicyclic amines) is 1. The molecule has 1 atom stereocenters. The van der Waals surface area contributed by atoms with Crippen LogP contribution >= 0.6 is 11.3 Å². The molecule has 1 saturated heterocycles. The van der Waals surface area contributed by atoms with Crippen LogP contribution in [0.2, 0.25) is 0 Å². The van der Waals surface area contributed by atoms with Crippen LogP contribution in [0.15, 0.2) is 42.5 Å². The lowest BCUT2D eigenvalue weighted by Crippen LogP contribution is -2.51. The molecule has 1 aromatic heterocycles. The Morgan fingerprint density at radius 3 is 2.55 bits per heavy atom.